The maximum atomic E-state index is 12.4. The first-order chi connectivity index (χ1) is 15.6. The molecule has 2 aliphatic heterocycles. The lowest BCUT2D eigenvalue weighted by Crippen LogP contribution is -2.55. The number of aromatic nitrogens is 2. The van der Waals surface area contributed by atoms with Crippen LogP contribution in [0.4, 0.5) is 0 Å². The molecule has 20 heteroatoms. The Labute approximate surface area is 188 Å². The monoisotopic (exact) mass is 533 g/mol. The van der Waals surface area contributed by atoms with E-state index >= 15 is 0 Å². The van der Waals surface area contributed by atoms with Crippen LogP contribution in [0.1, 0.15) is 6.23 Å². The van der Waals surface area contributed by atoms with Crippen LogP contribution in [0.5, 0.6) is 0 Å². The van der Waals surface area contributed by atoms with Gasteiger partial charge in [0.05, 0.1) is 6.61 Å². The normalized spacial score (nSPS) is 37.6. The molecule has 3 heterocycles. The highest BCUT2D eigenvalue weighted by Gasteiger charge is 2.54. The first-order valence-corrected chi connectivity index (χ1v) is 12.4. The Morgan fingerprint density at radius 1 is 1.06 bits per heavy atom. The molecule has 0 radical (unpaired) electrons. The topological polar surface area (TPSA) is 291 Å². The van der Waals surface area contributed by atoms with E-state index in [9.17, 15) is 54.0 Å². The summed E-state index contributed by atoms with van der Waals surface area (Å²) in [7, 11) is -10.9. The van der Waals surface area contributed by atoms with Crippen molar-refractivity contribution in [3.05, 3.63) is 33.1 Å². The van der Waals surface area contributed by atoms with Gasteiger partial charge in [-0.25, -0.2) is 13.7 Å². The van der Waals surface area contributed by atoms with E-state index in [0.29, 0.717) is 0 Å². The van der Waals surface area contributed by atoms with Crippen molar-refractivity contribution >= 4 is 21.3 Å². The summed E-state index contributed by atoms with van der Waals surface area (Å²) in [5.74, 6) is -3.55. The van der Waals surface area contributed by atoms with Gasteiger partial charge >= 0.3 is 21.1 Å². The number of nitrogens with one attached hydrogen (secondary N) is 2. The van der Waals surface area contributed by atoms with Gasteiger partial charge in [-0.1, -0.05) is 0 Å². The SMILES string of the molecule is N=C1O[C@H](P(=O)(O)OP(=O)(O)OCC2OC(n3ccc(=O)[nH]c3=O)[C@@H](O)C2O)[C@H](O)[C@@H](O)[C@H]1O. The Kier molecular flexibility index (Phi) is 7.64. The molecule has 10 atom stereocenters. The summed E-state index contributed by atoms with van der Waals surface area (Å²) < 4.78 is 43.7. The molecule has 0 amide bonds. The number of H-pyrrole nitrogens is 1. The van der Waals surface area contributed by atoms with Crippen LogP contribution in [-0.2, 0) is 27.4 Å². The zero-order chi connectivity index (χ0) is 25.6. The molecule has 0 aromatic carbocycles. The highest BCUT2D eigenvalue weighted by atomic mass is 31.3. The Morgan fingerprint density at radius 3 is 2.32 bits per heavy atom. The second kappa shape index (κ2) is 9.69. The van der Waals surface area contributed by atoms with Gasteiger partial charge in [-0.3, -0.25) is 28.8 Å². The molecule has 0 bridgehead atoms. The molecule has 1 aromatic heterocycles. The van der Waals surface area contributed by atoms with Gasteiger partial charge in [0, 0.05) is 12.3 Å². The van der Waals surface area contributed by atoms with Crippen LogP contribution >= 0.6 is 15.4 Å². The fourth-order valence-electron chi connectivity index (χ4n) is 3.15. The second-order valence-corrected chi connectivity index (χ2v) is 10.8. The Balaban J connectivity index is 1.67. The third kappa shape index (κ3) is 5.38. The molecule has 34 heavy (non-hydrogen) atoms. The maximum absolute atomic E-state index is 12.4. The molecule has 2 fully saturated rings. The summed E-state index contributed by atoms with van der Waals surface area (Å²) in [6, 6.07) is 0.930. The van der Waals surface area contributed by atoms with Crippen molar-refractivity contribution in [2.45, 2.75) is 48.7 Å². The Hall–Kier alpha value is -1.79. The molecule has 9 N–H and O–H groups in total. The fraction of sp³-hybridized carbons (Fsp3) is 0.643. The molecule has 5 unspecified atom stereocenters. The highest BCUT2D eigenvalue weighted by molar-refractivity contribution is 7.64. The average Bonchev–Trinajstić information content (AvgIpc) is 3.01. The average molecular weight is 533 g/mol. The molecule has 3 rings (SSSR count). The summed E-state index contributed by atoms with van der Waals surface area (Å²) in [6.45, 7) is -1.02. The number of ether oxygens (including phenoxy) is 2. The molecular formula is C14H21N3O15P2. The number of aliphatic hydroxyl groups is 5. The van der Waals surface area contributed by atoms with Crippen LogP contribution in [0.15, 0.2) is 21.9 Å². The molecule has 192 valence electrons. The first kappa shape index (κ1) is 26.8. The fourth-order valence-corrected chi connectivity index (χ4v) is 6.04. The number of aromatic amines is 1. The summed E-state index contributed by atoms with van der Waals surface area (Å²) >= 11 is 0. The van der Waals surface area contributed by atoms with Crippen LogP contribution in [0.25, 0.3) is 0 Å². The number of phosphoric acid groups is 1. The number of nitrogens with zero attached hydrogens (tertiary/aromatic N) is 1. The summed E-state index contributed by atoms with van der Waals surface area (Å²) in [6.07, 6.45) is -12.2. The molecule has 2 aliphatic rings. The van der Waals surface area contributed by atoms with Gasteiger partial charge in [0.1, 0.15) is 30.5 Å². The van der Waals surface area contributed by atoms with Crippen molar-refractivity contribution in [2.24, 2.45) is 0 Å². The predicted octanol–water partition coefficient (Wildman–Crippen LogP) is -4.11. The first-order valence-electron chi connectivity index (χ1n) is 9.28. The van der Waals surface area contributed by atoms with Crippen molar-refractivity contribution in [3.63, 3.8) is 0 Å². The van der Waals surface area contributed by atoms with E-state index in [1.54, 1.807) is 0 Å². The predicted molar refractivity (Wildman–Crippen MR) is 105 cm³/mol. The van der Waals surface area contributed by atoms with Crippen LogP contribution in [0.2, 0.25) is 0 Å². The van der Waals surface area contributed by atoms with E-state index in [1.165, 1.54) is 0 Å². The van der Waals surface area contributed by atoms with Crippen LogP contribution in [-0.4, -0.2) is 99.8 Å². The lowest BCUT2D eigenvalue weighted by Gasteiger charge is -2.36. The molecule has 2 saturated heterocycles. The van der Waals surface area contributed by atoms with E-state index in [1.807, 2.05) is 4.98 Å². The van der Waals surface area contributed by atoms with Crippen molar-refractivity contribution in [1.82, 2.24) is 9.55 Å². The zero-order valence-corrected chi connectivity index (χ0v) is 18.5. The van der Waals surface area contributed by atoms with Crippen LogP contribution < -0.4 is 11.2 Å². The van der Waals surface area contributed by atoms with Crippen LogP contribution in [0.3, 0.4) is 0 Å². The Morgan fingerprint density at radius 2 is 1.71 bits per heavy atom. The van der Waals surface area contributed by atoms with Crippen LogP contribution in [0, 0.1) is 5.41 Å². The number of phosphoric ester groups is 1. The molecule has 0 spiro atoms. The third-order valence-corrected chi connectivity index (χ3v) is 8.18. The quantitative estimate of drug-likeness (QED) is 0.150. The maximum Gasteiger partial charge on any atom is 0.479 e. The molecule has 0 saturated carbocycles. The van der Waals surface area contributed by atoms with E-state index in [2.05, 4.69) is 13.6 Å². The van der Waals surface area contributed by atoms with Crippen molar-refractivity contribution < 1.29 is 62.8 Å². The van der Waals surface area contributed by atoms with E-state index in [4.69, 9.17) is 10.1 Å². The van der Waals surface area contributed by atoms with Gasteiger partial charge in [0.25, 0.3) is 5.56 Å². The van der Waals surface area contributed by atoms with Gasteiger partial charge in [-0.05, 0) is 0 Å². The molecule has 1 aromatic rings. The van der Waals surface area contributed by atoms with Gasteiger partial charge in [-0.2, -0.15) is 0 Å². The Bertz CT molecular complexity index is 1140. The number of hydrogen-bond acceptors (Lipinski definition) is 14. The van der Waals surface area contributed by atoms with Gasteiger partial charge in [0.2, 0.25) is 11.7 Å². The lowest BCUT2D eigenvalue weighted by molar-refractivity contribution is -0.101. The van der Waals surface area contributed by atoms with Crippen molar-refractivity contribution in [3.8, 4) is 0 Å². The van der Waals surface area contributed by atoms with E-state index in [-0.39, 0.29) is 0 Å². The number of rotatable bonds is 7. The van der Waals surface area contributed by atoms with Gasteiger partial charge in [0.15, 0.2) is 12.3 Å². The minimum atomic E-state index is -5.48. The summed E-state index contributed by atoms with van der Waals surface area (Å²) in [4.78, 5) is 44.7. The van der Waals surface area contributed by atoms with Crippen molar-refractivity contribution in [2.75, 3.05) is 6.61 Å². The van der Waals surface area contributed by atoms with Crippen molar-refractivity contribution in [1.29, 1.82) is 5.41 Å². The minimum Gasteiger partial charge on any atom is -0.460 e. The van der Waals surface area contributed by atoms with Gasteiger partial charge < -0.3 is 44.8 Å². The third-order valence-electron chi connectivity index (χ3n) is 4.89. The molecule has 0 aliphatic carbocycles. The second-order valence-electron chi connectivity index (χ2n) is 7.27. The minimum absolute atomic E-state index is 0.725. The summed E-state index contributed by atoms with van der Waals surface area (Å²) in [5, 5.41) is 56.4. The molecular weight excluding hydrogens is 512 g/mol. The molecule has 18 nitrogen and oxygen atoms in total. The van der Waals surface area contributed by atoms with Gasteiger partial charge in [-0.15, -0.1) is 0 Å². The van der Waals surface area contributed by atoms with E-state index in [0.717, 1.165) is 16.8 Å². The summed E-state index contributed by atoms with van der Waals surface area (Å²) in [5.41, 5.74) is -1.74. The number of aliphatic hydroxyl groups excluding tert-OH is 5. The van der Waals surface area contributed by atoms with E-state index < -0.39 is 87.9 Å². The highest BCUT2D eigenvalue weighted by Crippen LogP contribution is 2.64. The zero-order valence-electron chi connectivity index (χ0n) is 16.7. The lowest BCUT2D eigenvalue weighted by atomic mass is 10.1. The smallest absolute Gasteiger partial charge is 0.460 e. The largest absolute Gasteiger partial charge is 0.479 e. The standard InChI is InChI=1S/C14H21N3O15P2/c15-11-8(21)7(20)10(23)13(31-11)33(25,26)32-34(27,28)29-3-4-6(19)9(22)12(30-4)17-2-1-5(18)16-14(17)24/h1-2,4,6-10,12-13,15,19-23H,3H2,(H,25,26)(H,27,28)(H,16,18,24)/t4?,6?,7-,8+,9-,10+,12?,13+/m0/s1. The number of hydrogen-bond donors (Lipinski definition) is 9.